The standard InChI is InChI=1S/C24H25BrN4O4/c1-33-19-10-8-18(9-11-19)26-22(30)21-14-15-13-16(25)7-12-20(15)29(21)28-24(32)23(31)27-17-5-3-2-4-6-17/h7-14,17H,2-6H2,1H3,(H,26,30)(H,27,31)(H,28,32). The molecule has 4 rings (SSSR count). The summed E-state index contributed by atoms with van der Waals surface area (Å²) < 4.78 is 7.32. The molecule has 1 heterocycles. The van der Waals surface area contributed by atoms with Crippen molar-refractivity contribution in [3.8, 4) is 5.75 Å². The summed E-state index contributed by atoms with van der Waals surface area (Å²) in [6.07, 6.45) is 4.97. The summed E-state index contributed by atoms with van der Waals surface area (Å²) in [5.41, 5.74) is 3.95. The van der Waals surface area contributed by atoms with Crippen molar-refractivity contribution in [2.75, 3.05) is 17.9 Å². The lowest BCUT2D eigenvalue weighted by atomic mass is 9.95. The van der Waals surface area contributed by atoms with E-state index in [0.717, 1.165) is 42.0 Å². The number of anilines is 1. The summed E-state index contributed by atoms with van der Waals surface area (Å²) in [4.78, 5) is 38.3. The Morgan fingerprint density at radius 1 is 0.970 bits per heavy atom. The lowest BCUT2D eigenvalue weighted by Crippen LogP contribution is -2.44. The molecule has 0 aliphatic heterocycles. The number of carbonyl (C=O) groups is 3. The predicted octanol–water partition coefficient (Wildman–Crippen LogP) is 4.18. The molecule has 172 valence electrons. The minimum absolute atomic E-state index is 0.00667. The minimum atomic E-state index is -0.820. The van der Waals surface area contributed by atoms with E-state index in [4.69, 9.17) is 4.74 Å². The highest BCUT2D eigenvalue weighted by atomic mass is 79.9. The van der Waals surface area contributed by atoms with Gasteiger partial charge in [0.2, 0.25) is 0 Å². The molecule has 0 radical (unpaired) electrons. The fourth-order valence-electron chi connectivity index (χ4n) is 3.99. The Morgan fingerprint density at radius 3 is 2.39 bits per heavy atom. The molecule has 0 atom stereocenters. The van der Waals surface area contributed by atoms with Crippen molar-refractivity contribution in [1.29, 1.82) is 0 Å². The Labute approximate surface area is 199 Å². The molecule has 1 aliphatic carbocycles. The number of carbonyl (C=O) groups excluding carboxylic acids is 3. The molecule has 0 bridgehead atoms. The molecule has 2 aromatic carbocycles. The van der Waals surface area contributed by atoms with E-state index in [1.807, 2.05) is 6.07 Å². The van der Waals surface area contributed by atoms with Gasteiger partial charge in [-0.1, -0.05) is 35.2 Å². The number of methoxy groups -OCH3 is 1. The Kier molecular flexibility index (Phi) is 6.98. The van der Waals surface area contributed by atoms with Gasteiger partial charge in [-0.25, -0.2) is 4.68 Å². The first-order chi connectivity index (χ1) is 15.9. The fourth-order valence-corrected chi connectivity index (χ4v) is 4.37. The number of nitrogens with zero attached hydrogens (tertiary/aromatic N) is 1. The van der Waals surface area contributed by atoms with Crippen molar-refractivity contribution < 1.29 is 19.1 Å². The van der Waals surface area contributed by atoms with E-state index in [-0.39, 0.29) is 11.7 Å². The number of hydrogen-bond acceptors (Lipinski definition) is 4. The van der Waals surface area contributed by atoms with Gasteiger partial charge in [0.1, 0.15) is 11.4 Å². The van der Waals surface area contributed by atoms with Crippen LogP contribution in [0, 0.1) is 0 Å². The number of rotatable bonds is 5. The maximum atomic E-state index is 13.1. The number of hydrogen-bond donors (Lipinski definition) is 3. The van der Waals surface area contributed by atoms with E-state index in [9.17, 15) is 14.4 Å². The summed E-state index contributed by atoms with van der Waals surface area (Å²) in [7, 11) is 1.57. The average Bonchev–Trinajstić information content (AvgIpc) is 3.17. The molecule has 9 heteroatoms. The van der Waals surface area contributed by atoms with Gasteiger partial charge in [-0.3, -0.25) is 19.8 Å². The number of aromatic nitrogens is 1. The quantitative estimate of drug-likeness (QED) is 0.446. The van der Waals surface area contributed by atoms with Crippen LogP contribution in [0.25, 0.3) is 10.9 Å². The van der Waals surface area contributed by atoms with Crippen LogP contribution in [0.15, 0.2) is 53.0 Å². The Bertz CT molecular complexity index is 1180. The van der Waals surface area contributed by atoms with E-state index in [0.29, 0.717) is 17.0 Å². The highest BCUT2D eigenvalue weighted by molar-refractivity contribution is 9.10. The first-order valence-electron chi connectivity index (χ1n) is 10.8. The third-order valence-electron chi connectivity index (χ3n) is 5.70. The number of ether oxygens (including phenoxy) is 1. The molecule has 0 saturated heterocycles. The third-order valence-corrected chi connectivity index (χ3v) is 6.20. The van der Waals surface area contributed by atoms with Crippen LogP contribution in [-0.4, -0.2) is 35.5 Å². The summed E-state index contributed by atoms with van der Waals surface area (Å²) in [6.45, 7) is 0. The van der Waals surface area contributed by atoms with Crippen LogP contribution < -0.4 is 20.8 Å². The van der Waals surface area contributed by atoms with Crippen molar-refractivity contribution >= 4 is 50.2 Å². The number of halogens is 1. The lowest BCUT2D eigenvalue weighted by Gasteiger charge is -2.22. The monoisotopic (exact) mass is 512 g/mol. The van der Waals surface area contributed by atoms with Crippen molar-refractivity contribution in [3.63, 3.8) is 0 Å². The molecule has 1 saturated carbocycles. The highest BCUT2D eigenvalue weighted by Crippen LogP contribution is 2.24. The second-order valence-electron chi connectivity index (χ2n) is 8.00. The van der Waals surface area contributed by atoms with Crippen LogP contribution in [0.3, 0.4) is 0 Å². The maximum absolute atomic E-state index is 13.1. The van der Waals surface area contributed by atoms with Gasteiger partial charge < -0.3 is 15.4 Å². The van der Waals surface area contributed by atoms with Gasteiger partial charge in [0.25, 0.3) is 5.91 Å². The number of fused-ring (bicyclic) bond motifs is 1. The molecule has 8 nitrogen and oxygen atoms in total. The Morgan fingerprint density at radius 2 is 1.70 bits per heavy atom. The van der Waals surface area contributed by atoms with Gasteiger partial charge in [0.15, 0.2) is 0 Å². The topological polar surface area (TPSA) is 101 Å². The van der Waals surface area contributed by atoms with Crippen LogP contribution in [0.1, 0.15) is 42.6 Å². The number of benzene rings is 2. The third kappa shape index (κ3) is 5.36. The van der Waals surface area contributed by atoms with E-state index in [1.165, 1.54) is 4.68 Å². The first kappa shape index (κ1) is 22.8. The lowest BCUT2D eigenvalue weighted by molar-refractivity contribution is -0.137. The minimum Gasteiger partial charge on any atom is -0.497 e. The fraction of sp³-hybridized carbons (Fsp3) is 0.292. The van der Waals surface area contributed by atoms with Gasteiger partial charge in [-0.05, 0) is 61.4 Å². The Hall–Kier alpha value is -3.33. The molecule has 3 aromatic rings. The molecular weight excluding hydrogens is 488 g/mol. The predicted molar refractivity (Wildman–Crippen MR) is 130 cm³/mol. The maximum Gasteiger partial charge on any atom is 0.328 e. The zero-order valence-corrected chi connectivity index (χ0v) is 19.8. The molecule has 3 N–H and O–H groups in total. The molecule has 1 fully saturated rings. The summed E-state index contributed by atoms with van der Waals surface area (Å²) in [6, 6.07) is 14.0. The zero-order chi connectivity index (χ0) is 23.4. The normalized spacial score (nSPS) is 14.0. The zero-order valence-electron chi connectivity index (χ0n) is 18.2. The number of nitrogens with one attached hydrogen (secondary N) is 3. The summed E-state index contributed by atoms with van der Waals surface area (Å²) >= 11 is 3.43. The molecule has 0 spiro atoms. The van der Waals surface area contributed by atoms with E-state index >= 15 is 0 Å². The largest absolute Gasteiger partial charge is 0.497 e. The smallest absolute Gasteiger partial charge is 0.328 e. The van der Waals surface area contributed by atoms with Crippen molar-refractivity contribution in [1.82, 2.24) is 9.99 Å². The van der Waals surface area contributed by atoms with Crippen LogP contribution in [-0.2, 0) is 9.59 Å². The summed E-state index contributed by atoms with van der Waals surface area (Å²) in [5, 5.41) is 6.35. The molecule has 1 aromatic heterocycles. The van der Waals surface area contributed by atoms with Gasteiger partial charge in [0, 0.05) is 21.6 Å². The second kappa shape index (κ2) is 10.1. The van der Waals surface area contributed by atoms with Crippen molar-refractivity contribution in [2.45, 2.75) is 38.1 Å². The van der Waals surface area contributed by atoms with Gasteiger partial charge in [-0.2, -0.15) is 0 Å². The van der Waals surface area contributed by atoms with E-state index in [2.05, 4.69) is 32.0 Å². The van der Waals surface area contributed by atoms with Gasteiger partial charge in [-0.15, -0.1) is 0 Å². The summed E-state index contributed by atoms with van der Waals surface area (Å²) in [5.74, 6) is -1.29. The molecule has 1 aliphatic rings. The molecular formula is C24H25BrN4O4. The molecule has 0 unspecified atom stereocenters. The second-order valence-corrected chi connectivity index (χ2v) is 8.92. The van der Waals surface area contributed by atoms with E-state index in [1.54, 1.807) is 49.6 Å². The van der Waals surface area contributed by atoms with Crippen LogP contribution in [0.4, 0.5) is 5.69 Å². The van der Waals surface area contributed by atoms with Crippen LogP contribution in [0.2, 0.25) is 0 Å². The first-order valence-corrected chi connectivity index (χ1v) is 11.6. The SMILES string of the molecule is COc1ccc(NC(=O)c2cc3cc(Br)ccc3n2NC(=O)C(=O)NC2CCCCC2)cc1. The van der Waals surface area contributed by atoms with Crippen LogP contribution >= 0.6 is 15.9 Å². The van der Waals surface area contributed by atoms with Crippen LogP contribution in [0.5, 0.6) is 5.75 Å². The van der Waals surface area contributed by atoms with E-state index < -0.39 is 17.7 Å². The highest BCUT2D eigenvalue weighted by Gasteiger charge is 2.23. The van der Waals surface area contributed by atoms with Gasteiger partial charge in [0.05, 0.1) is 12.6 Å². The molecule has 33 heavy (non-hydrogen) atoms. The Balaban J connectivity index is 1.57. The number of amides is 3. The van der Waals surface area contributed by atoms with Gasteiger partial charge >= 0.3 is 11.8 Å². The van der Waals surface area contributed by atoms with Crippen molar-refractivity contribution in [2.24, 2.45) is 0 Å². The average molecular weight is 513 g/mol. The van der Waals surface area contributed by atoms with Crippen molar-refractivity contribution in [3.05, 3.63) is 58.7 Å². The molecule has 3 amide bonds.